The molecule has 0 saturated heterocycles. The maximum absolute atomic E-state index is 12.5. The van der Waals surface area contributed by atoms with Gasteiger partial charge in [0.1, 0.15) is 12.6 Å². The summed E-state index contributed by atoms with van der Waals surface area (Å²) in [5.41, 5.74) is 5.52. The van der Waals surface area contributed by atoms with Crippen LogP contribution in [0.15, 0.2) is 60.7 Å². The molecule has 0 bridgehead atoms. The average molecular weight is 570 g/mol. The lowest BCUT2D eigenvalue weighted by Crippen LogP contribution is -3.00. The second-order valence-electron chi connectivity index (χ2n) is 9.39. The summed E-state index contributed by atoms with van der Waals surface area (Å²) in [6.45, 7) is 5.65. The van der Waals surface area contributed by atoms with Crippen molar-refractivity contribution in [2.45, 2.75) is 39.4 Å². The number of hydrogen-bond donors (Lipinski definition) is 2. The van der Waals surface area contributed by atoms with Gasteiger partial charge < -0.3 is 39.1 Å². The van der Waals surface area contributed by atoms with E-state index < -0.39 is 5.60 Å². The summed E-state index contributed by atoms with van der Waals surface area (Å²) in [7, 11) is 3.98. The molecule has 0 amide bonds. The van der Waals surface area contributed by atoms with Crippen LogP contribution < -0.4 is 33.9 Å². The minimum absolute atomic E-state index is 0. The number of esters is 1. The molecule has 1 aromatic heterocycles. The SMILES string of the molecule is CNc1ccc2c3ccc(CC(=O)OC(C)(C)C)cc3c(-c3ccc(CO)cc3)[n+](C)c2c1.[I-]. The number of ether oxygens (including phenoxy) is 1. The minimum Gasteiger partial charge on any atom is -1.00 e. The van der Waals surface area contributed by atoms with Gasteiger partial charge in [-0.25, -0.2) is 0 Å². The first-order chi connectivity index (χ1) is 15.7. The molecule has 34 heavy (non-hydrogen) atoms. The number of aliphatic hydroxyl groups excluding tert-OH is 1. The number of carbonyl (C=O) groups is 1. The van der Waals surface area contributed by atoms with Gasteiger partial charge >= 0.3 is 5.97 Å². The van der Waals surface area contributed by atoms with Crippen molar-refractivity contribution in [3.8, 4) is 11.3 Å². The van der Waals surface area contributed by atoms with E-state index in [9.17, 15) is 9.90 Å². The Kier molecular flexibility index (Phi) is 7.83. The molecule has 3 aromatic carbocycles. The number of anilines is 1. The molecule has 5 nitrogen and oxygen atoms in total. The number of pyridine rings is 1. The maximum Gasteiger partial charge on any atom is 0.310 e. The van der Waals surface area contributed by atoms with E-state index >= 15 is 0 Å². The number of nitrogens with zero attached hydrogens (tertiary/aromatic N) is 1. The lowest BCUT2D eigenvalue weighted by molar-refractivity contribution is -0.632. The lowest BCUT2D eigenvalue weighted by Gasteiger charge is -2.19. The highest BCUT2D eigenvalue weighted by Gasteiger charge is 2.22. The first-order valence-electron chi connectivity index (χ1n) is 11.2. The summed E-state index contributed by atoms with van der Waals surface area (Å²) in [4.78, 5) is 12.5. The van der Waals surface area contributed by atoms with E-state index in [0.717, 1.165) is 49.7 Å². The molecule has 0 spiro atoms. The van der Waals surface area contributed by atoms with E-state index in [1.807, 2.05) is 58.2 Å². The lowest BCUT2D eigenvalue weighted by atomic mass is 9.96. The summed E-state index contributed by atoms with van der Waals surface area (Å²) < 4.78 is 7.74. The number of aromatic nitrogens is 1. The number of halogens is 1. The highest BCUT2D eigenvalue weighted by molar-refractivity contribution is 6.09. The number of rotatable bonds is 5. The Morgan fingerprint density at radius 1 is 0.941 bits per heavy atom. The summed E-state index contributed by atoms with van der Waals surface area (Å²) in [5.74, 6) is -0.237. The summed E-state index contributed by atoms with van der Waals surface area (Å²) in [6.07, 6.45) is 0.219. The number of hydrogen-bond acceptors (Lipinski definition) is 4. The van der Waals surface area contributed by atoms with Gasteiger partial charge in [0.15, 0.2) is 0 Å². The van der Waals surface area contributed by atoms with Gasteiger partial charge in [0.05, 0.1) is 23.8 Å². The standard InChI is InChI=1S/C28H30N2O3.HI/c1-28(2,3)33-26(32)15-19-8-12-22-23-13-11-21(29-4)16-25(23)30(5)27(24(22)14-19)20-9-6-18(17-31)7-10-20;/h6-14,16,31H,15,17H2,1-5H3;1H. The second-order valence-corrected chi connectivity index (χ2v) is 9.39. The zero-order chi connectivity index (χ0) is 23.8. The molecular formula is C28H31IN2O3. The first kappa shape index (κ1) is 25.9. The topological polar surface area (TPSA) is 62.4 Å². The highest BCUT2D eigenvalue weighted by atomic mass is 127. The van der Waals surface area contributed by atoms with Crippen LogP contribution >= 0.6 is 0 Å². The molecule has 4 rings (SSSR count). The summed E-state index contributed by atoms with van der Waals surface area (Å²) in [6, 6.07) is 20.5. The van der Waals surface area contributed by atoms with Gasteiger partial charge in [0.2, 0.25) is 11.2 Å². The highest BCUT2D eigenvalue weighted by Crippen LogP contribution is 2.33. The Labute approximate surface area is 217 Å². The largest absolute Gasteiger partial charge is 1.00 e. The van der Waals surface area contributed by atoms with Crippen molar-refractivity contribution >= 4 is 33.3 Å². The van der Waals surface area contributed by atoms with Crippen LogP contribution in [0.25, 0.3) is 32.9 Å². The van der Waals surface area contributed by atoms with E-state index in [-0.39, 0.29) is 43.0 Å². The van der Waals surface area contributed by atoms with Crippen molar-refractivity contribution in [1.82, 2.24) is 0 Å². The van der Waals surface area contributed by atoms with Gasteiger partial charge in [-0.2, -0.15) is 4.57 Å². The second kappa shape index (κ2) is 10.3. The third kappa shape index (κ3) is 5.33. The van der Waals surface area contributed by atoms with Crippen LogP contribution in [-0.2, 0) is 29.6 Å². The molecule has 0 unspecified atom stereocenters. The molecule has 6 heteroatoms. The molecule has 0 radical (unpaired) electrons. The van der Waals surface area contributed by atoms with E-state index in [0.29, 0.717) is 0 Å². The monoisotopic (exact) mass is 570 g/mol. The first-order valence-corrected chi connectivity index (χ1v) is 11.2. The molecular weight excluding hydrogens is 539 g/mol. The Bertz CT molecular complexity index is 1340. The third-order valence-corrected chi connectivity index (χ3v) is 5.79. The predicted molar refractivity (Wildman–Crippen MR) is 133 cm³/mol. The molecule has 1 heterocycles. The van der Waals surface area contributed by atoms with E-state index in [1.165, 1.54) is 0 Å². The fraction of sp³-hybridized carbons (Fsp3) is 0.286. The van der Waals surface area contributed by atoms with Crippen LogP contribution in [-0.4, -0.2) is 23.7 Å². The molecule has 2 N–H and O–H groups in total. The molecule has 0 aliphatic rings. The van der Waals surface area contributed by atoms with Crippen molar-refractivity contribution in [2.75, 3.05) is 12.4 Å². The molecule has 0 fully saturated rings. The van der Waals surface area contributed by atoms with Gasteiger partial charge in [-0.1, -0.05) is 24.3 Å². The Hall–Kier alpha value is -2.71. The fourth-order valence-corrected chi connectivity index (χ4v) is 4.29. The van der Waals surface area contributed by atoms with Crippen LogP contribution in [0.3, 0.4) is 0 Å². The fourth-order valence-electron chi connectivity index (χ4n) is 4.29. The van der Waals surface area contributed by atoms with Crippen LogP contribution in [0.4, 0.5) is 5.69 Å². The van der Waals surface area contributed by atoms with Crippen molar-refractivity contribution in [3.05, 3.63) is 71.8 Å². The number of aliphatic hydroxyl groups is 1. The van der Waals surface area contributed by atoms with Crippen LogP contribution in [0, 0.1) is 0 Å². The average Bonchev–Trinajstić information content (AvgIpc) is 2.78. The van der Waals surface area contributed by atoms with Gasteiger partial charge in [-0.05, 0) is 62.2 Å². The molecule has 4 aromatic rings. The number of nitrogens with one attached hydrogen (secondary N) is 1. The smallest absolute Gasteiger partial charge is 0.310 e. The van der Waals surface area contributed by atoms with Crippen LogP contribution in [0.5, 0.6) is 0 Å². The summed E-state index contributed by atoms with van der Waals surface area (Å²) >= 11 is 0. The van der Waals surface area contributed by atoms with Crippen molar-refractivity contribution < 1.29 is 43.2 Å². The van der Waals surface area contributed by atoms with Crippen LogP contribution in [0.2, 0.25) is 0 Å². The number of benzene rings is 3. The summed E-state index contributed by atoms with van der Waals surface area (Å²) in [5, 5.41) is 16.0. The van der Waals surface area contributed by atoms with E-state index in [4.69, 9.17) is 4.74 Å². The Morgan fingerprint density at radius 3 is 2.21 bits per heavy atom. The molecule has 0 atom stereocenters. The third-order valence-electron chi connectivity index (χ3n) is 5.79. The van der Waals surface area contributed by atoms with Gasteiger partial charge in [-0.3, -0.25) is 4.79 Å². The molecule has 0 aliphatic heterocycles. The quantitative estimate of drug-likeness (QED) is 0.167. The van der Waals surface area contributed by atoms with Crippen molar-refractivity contribution in [1.29, 1.82) is 0 Å². The molecule has 0 saturated carbocycles. The normalized spacial score (nSPS) is 11.4. The zero-order valence-electron chi connectivity index (χ0n) is 20.3. The number of carbonyl (C=O) groups excluding carboxylic acids is 1. The number of aryl methyl sites for hydroxylation is 1. The molecule has 0 aliphatic carbocycles. The van der Waals surface area contributed by atoms with Gasteiger partial charge in [0.25, 0.3) is 0 Å². The van der Waals surface area contributed by atoms with Crippen LogP contribution in [0.1, 0.15) is 31.9 Å². The van der Waals surface area contributed by atoms with Crippen molar-refractivity contribution in [3.63, 3.8) is 0 Å². The van der Waals surface area contributed by atoms with Crippen molar-refractivity contribution in [2.24, 2.45) is 7.05 Å². The predicted octanol–water partition coefficient (Wildman–Crippen LogP) is 1.91. The zero-order valence-corrected chi connectivity index (χ0v) is 22.4. The number of fused-ring (bicyclic) bond motifs is 3. The Morgan fingerprint density at radius 2 is 1.59 bits per heavy atom. The van der Waals surface area contributed by atoms with Gasteiger partial charge in [-0.15, -0.1) is 0 Å². The molecule has 178 valence electrons. The minimum atomic E-state index is -0.513. The van der Waals surface area contributed by atoms with Gasteiger partial charge in [0, 0.05) is 29.8 Å². The van der Waals surface area contributed by atoms with E-state index in [2.05, 4.69) is 47.3 Å². The Balaban J connectivity index is 0.00000324. The maximum atomic E-state index is 12.5. The van der Waals surface area contributed by atoms with E-state index in [1.54, 1.807) is 0 Å².